The van der Waals surface area contributed by atoms with E-state index >= 15 is 0 Å². The van der Waals surface area contributed by atoms with Gasteiger partial charge in [-0.1, -0.05) is 6.08 Å². The molecule has 0 radical (unpaired) electrons. The van der Waals surface area contributed by atoms with Gasteiger partial charge in [0, 0.05) is 18.7 Å². The SMILES string of the molecule is COC(=O)C(C)=CCN(C)CC(C)(C)O. The van der Waals surface area contributed by atoms with Crippen LogP contribution in [0.4, 0.5) is 0 Å². The molecule has 1 N–H and O–H groups in total. The fourth-order valence-electron chi connectivity index (χ4n) is 1.26. The van der Waals surface area contributed by atoms with Crippen molar-refractivity contribution in [3.63, 3.8) is 0 Å². The monoisotopic (exact) mass is 215 g/mol. The van der Waals surface area contributed by atoms with E-state index in [4.69, 9.17) is 0 Å². The highest BCUT2D eigenvalue weighted by molar-refractivity contribution is 5.87. The Morgan fingerprint density at radius 1 is 1.53 bits per heavy atom. The maximum absolute atomic E-state index is 11.1. The number of hydrogen-bond acceptors (Lipinski definition) is 4. The van der Waals surface area contributed by atoms with Gasteiger partial charge in [0.1, 0.15) is 0 Å². The summed E-state index contributed by atoms with van der Waals surface area (Å²) in [5, 5.41) is 9.55. The van der Waals surface area contributed by atoms with Gasteiger partial charge in [-0.05, 0) is 27.8 Å². The van der Waals surface area contributed by atoms with Crippen molar-refractivity contribution >= 4 is 5.97 Å². The van der Waals surface area contributed by atoms with E-state index in [1.54, 1.807) is 26.8 Å². The largest absolute Gasteiger partial charge is 0.466 e. The van der Waals surface area contributed by atoms with E-state index < -0.39 is 5.60 Å². The van der Waals surface area contributed by atoms with Crippen molar-refractivity contribution in [2.75, 3.05) is 27.2 Å². The highest BCUT2D eigenvalue weighted by Gasteiger charge is 2.14. The molecule has 88 valence electrons. The van der Waals surface area contributed by atoms with Crippen molar-refractivity contribution in [1.82, 2.24) is 4.90 Å². The first-order chi connectivity index (χ1) is 6.76. The van der Waals surface area contributed by atoms with Crippen LogP contribution in [-0.4, -0.2) is 48.8 Å². The van der Waals surface area contributed by atoms with E-state index in [0.29, 0.717) is 18.7 Å². The maximum atomic E-state index is 11.1. The Bertz CT molecular complexity index is 241. The van der Waals surface area contributed by atoms with Gasteiger partial charge in [0.05, 0.1) is 12.7 Å². The zero-order chi connectivity index (χ0) is 12.1. The molecule has 0 saturated carbocycles. The van der Waals surface area contributed by atoms with Crippen LogP contribution < -0.4 is 0 Å². The standard InChI is InChI=1S/C11H21NO3/c1-9(10(13)15-5)6-7-12(4)8-11(2,3)14/h6,14H,7-8H2,1-5H3. The van der Waals surface area contributed by atoms with E-state index in [2.05, 4.69) is 4.74 Å². The van der Waals surface area contributed by atoms with Gasteiger partial charge in [-0.3, -0.25) is 4.90 Å². The molecule has 0 rings (SSSR count). The van der Waals surface area contributed by atoms with Crippen LogP contribution in [0.1, 0.15) is 20.8 Å². The highest BCUT2D eigenvalue weighted by atomic mass is 16.5. The Balaban J connectivity index is 4.09. The third kappa shape index (κ3) is 7.11. The molecule has 0 fully saturated rings. The molecule has 0 bridgehead atoms. The molecule has 0 aromatic carbocycles. The minimum atomic E-state index is -0.720. The minimum absolute atomic E-state index is 0.313. The summed E-state index contributed by atoms with van der Waals surface area (Å²) in [6.07, 6.45) is 1.79. The summed E-state index contributed by atoms with van der Waals surface area (Å²) < 4.78 is 4.57. The number of carbonyl (C=O) groups is 1. The lowest BCUT2D eigenvalue weighted by Crippen LogP contribution is -2.36. The summed E-state index contributed by atoms with van der Waals surface area (Å²) in [4.78, 5) is 13.0. The zero-order valence-corrected chi connectivity index (χ0v) is 10.2. The summed E-state index contributed by atoms with van der Waals surface area (Å²) in [6.45, 7) is 6.38. The molecule has 15 heavy (non-hydrogen) atoms. The van der Waals surface area contributed by atoms with E-state index in [1.807, 2.05) is 11.9 Å². The molecule has 0 saturated heterocycles. The van der Waals surface area contributed by atoms with E-state index in [9.17, 15) is 9.90 Å². The third-order valence-corrected chi connectivity index (χ3v) is 1.87. The second-order valence-corrected chi connectivity index (χ2v) is 4.39. The first-order valence-corrected chi connectivity index (χ1v) is 4.92. The minimum Gasteiger partial charge on any atom is -0.466 e. The van der Waals surface area contributed by atoms with Crippen molar-refractivity contribution in [3.8, 4) is 0 Å². The van der Waals surface area contributed by atoms with E-state index in [1.165, 1.54) is 7.11 Å². The van der Waals surface area contributed by atoms with Crippen molar-refractivity contribution < 1.29 is 14.6 Å². The topological polar surface area (TPSA) is 49.8 Å². The molecule has 0 atom stereocenters. The van der Waals surface area contributed by atoms with Gasteiger partial charge < -0.3 is 9.84 Å². The second-order valence-electron chi connectivity index (χ2n) is 4.39. The van der Waals surface area contributed by atoms with Crippen LogP contribution in [0.25, 0.3) is 0 Å². The van der Waals surface area contributed by atoms with Crippen LogP contribution in [0, 0.1) is 0 Å². The Labute approximate surface area is 91.5 Å². The Morgan fingerprint density at radius 2 is 2.07 bits per heavy atom. The molecule has 0 aromatic rings. The number of rotatable bonds is 5. The fourth-order valence-corrected chi connectivity index (χ4v) is 1.26. The summed E-state index contributed by atoms with van der Waals surface area (Å²) in [6, 6.07) is 0. The number of hydrogen-bond donors (Lipinski definition) is 1. The molecule has 0 spiro atoms. The average molecular weight is 215 g/mol. The molecule has 0 aliphatic rings. The molecule has 0 aliphatic heterocycles. The summed E-state index contributed by atoms with van der Waals surface area (Å²) in [5.74, 6) is -0.313. The summed E-state index contributed by atoms with van der Waals surface area (Å²) in [5.41, 5.74) is -0.137. The quantitative estimate of drug-likeness (QED) is 0.544. The summed E-state index contributed by atoms with van der Waals surface area (Å²) >= 11 is 0. The number of ether oxygens (including phenoxy) is 1. The van der Waals surface area contributed by atoms with E-state index in [0.717, 1.165) is 0 Å². The van der Waals surface area contributed by atoms with Gasteiger partial charge in [-0.15, -0.1) is 0 Å². The first kappa shape index (κ1) is 14.1. The van der Waals surface area contributed by atoms with Crippen LogP contribution >= 0.6 is 0 Å². The van der Waals surface area contributed by atoms with Crippen molar-refractivity contribution in [3.05, 3.63) is 11.6 Å². The Kier molecular flexibility index (Phi) is 5.54. The summed E-state index contributed by atoms with van der Waals surface area (Å²) in [7, 11) is 3.25. The van der Waals surface area contributed by atoms with Crippen LogP contribution in [0.2, 0.25) is 0 Å². The molecule has 0 heterocycles. The van der Waals surface area contributed by atoms with Crippen LogP contribution in [0.3, 0.4) is 0 Å². The van der Waals surface area contributed by atoms with E-state index in [-0.39, 0.29) is 5.97 Å². The van der Waals surface area contributed by atoms with Crippen LogP contribution in [0.5, 0.6) is 0 Å². The lowest BCUT2D eigenvalue weighted by molar-refractivity contribution is -0.136. The lowest BCUT2D eigenvalue weighted by Gasteiger charge is -2.24. The Hall–Kier alpha value is -0.870. The molecule has 0 aliphatic carbocycles. The lowest BCUT2D eigenvalue weighted by atomic mass is 10.1. The second kappa shape index (κ2) is 5.88. The number of likely N-dealkylation sites (N-methyl/N-ethyl adjacent to an activating group) is 1. The predicted molar refractivity (Wildman–Crippen MR) is 59.6 cm³/mol. The molecule has 0 unspecified atom stereocenters. The van der Waals surface area contributed by atoms with Gasteiger partial charge in [0.15, 0.2) is 0 Å². The molecule has 4 heteroatoms. The molecule has 0 aromatic heterocycles. The number of aliphatic hydroxyl groups is 1. The van der Waals surface area contributed by atoms with Gasteiger partial charge >= 0.3 is 5.97 Å². The number of esters is 1. The molecular weight excluding hydrogens is 194 g/mol. The maximum Gasteiger partial charge on any atom is 0.333 e. The predicted octanol–water partition coefficient (Wildman–Crippen LogP) is 0.808. The van der Waals surface area contributed by atoms with Gasteiger partial charge in [0.2, 0.25) is 0 Å². The van der Waals surface area contributed by atoms with Crippen LogP contribution in [-0.2, 0) is 9.53 Å². The zero-order valence-electron chi connectivity index (χ0n) is 10.2. The molecular formula is C11H21NO3. The van der Waals surface area contributed by atoms with Gasteiger partial charge in [-0.25, -0.2) is 4.79 Å². The number of carbonyl (C=O) groups excluding carboxylic acids is 1. The van der Waals surface area contributed by atoms with Crippen molar-refractivity contribution in [2.24, 2.45) is 0 Å². The normalized spacial score (nSPS) is 13.1. The number of methoxy groups -OCH3 is 1. The molecule has 4 nitrogen and oxygen atoms in total. The average Bonchev–Trinajstić information content (AvgIpc) is 2.10. The van der Waals surface area contributed by atoms with Crippen LogP contribution in [0.15, 0.2) is 11.6 Å². The van der Waals surface area contributed by atoms with Gasteiger partial charge in [0.25, 0.3) is 0 Å². The number of nitrogens with zero attached hydrogens (tertiary/aromatic N) is 1. The van der Waals surface area contributed by atoms with Crippen molar-refractivity contribution in [2.45, 2.75) is 26.4 Å². The smallest absolute Gasteiger partial charge is 0.333 e. The molecule has 0 amide bonds. The fraction of sp³-hybridized carbons (Fsp3) is 0.727. The van der Waals surface area contributed by atoms with Gasteiger partial charge in [-0.2, -0.15) is 0 Å². The van der Waals surface area contributed by atoms with Crippen molar-refractivity contribution in [1.29, 1.82) is 0 Å². The Morgan fingerprint density at radius 3 is 2.47 bits per heavy atom. The third-order valence-electron chi connectivity index (χ3n) is 1.87. The highest BCUT2D eigenvalue weighted by Crippen LogP contribution is 2.03. The first-order valence-electron chi connectivity index (χ1n) is 4.92.